The van der Waals surface area contributed by atoms with E-state index in [1.807, 2.05) is 0 Å². The van der Waals surface area contributed by atoms with Gasteiger partial charge in [0.15, 0.2) is 0 Å². The van der Waals surface area contributed by atoms with E-state index in [1.165, 1.54) is 11.0 Å². The Morgan fingerprint density at radius 2 is 2.07 bits per heavy atom. The Labute approximate surface area is 169 Å². The topological polar surface area (TPSA) is 77.1 Å². The van der Waals surface area contributed by atoms with Gasteiger partial charge < -0.3 is 24.4 Å². The average molecular weight is 435 g/mol. The molecule has 0 aromatic heterocycles. The van der Waals surface area contributed by atoms with Crippen LogP contribution in [0.3, 0.4) is 0 Å². The first-order valence-corrected chi connectivity index (χ1v) is 9.41. The lowest BCUT2D eigenvalue weighted by molar-refractivity contribution is -0.137. The predicted molar refractivity (Wildman–Crippen MR) is 93.7 cm³/mol. The summed E-state index contributed by atoms with van der Waals surface area (Å²) in [6.07, 6.45) is -4.41. The molecule has 2 amide bonds. The Bertz CT molecular complexity index is 822. The van der Waals surface area contributed by atoms with Gasteiger partial charge in [-0.15, -0.1) is 0 Å². The second-order valence-corrected chi connectivity index (χ2v) is 8.04. The normalized spacial score (nSPS) is 25.0. The number of ether oxygens (including phenoxy) is 3. The molecule has 3 fully saturated rings. The van der Waals surface area contributed by atoms with E-state index in [9.17, 15) is 22.8 Å². The summed E-state index contributed by atoms with van der Waals surface area (Å²) in [5, 5.41) is 2.59. The highest BCUT2D eigenvalue weighted by Gasteiger charge is 2.52. The standard InChI is InChI=1S/C18H18ClF3N2O5/c19-13-5-11(18(20,21)22)1-2-14(13)27-6-10-3-12(4-10)29-16(26)24-7-17(8-24)9-28-15(25)23-17/h1-2,5,10,12H,3-4,6-9H2,(H,23,25)/t10-,12+. The maximum absolute atomic E-state index is 12.6. The molecular weight excluding hydrogens is 417 g/mol. The second kappa shape index (κ2) is 7.16. The van der Waals surface area contributed by atoms with Crippen LogP contribution >= 0.6 is 11.6 Å². The van der Waals surface area contributed by atoms with Crippen molar-refractivity contribution in [2.75, 3.05) is 26.3 Å². The number of rotatable bonds is 4. The molecule has 11 heteroatoms. The summed E-state index contributed by atoms with van der Waals surface area (Å²) < 4.78 is 53.7. The number of carbonyl (C=O) groups is 2. The molecular formula is C18H18ClF3N2O5. The van der Waals surface area contributed by atoms with Crippen LogP contribution in [-0.2, 0) is 15.7 Å². The van der Waals surface area contributed by atoms with Gasteiger partial charge in [0.2, 0.25) is 0 Å². The van der Waals surface area contributed by atoms with Gasteiger partial charge in [0.25, 0.3) is 0 Å². The molecule has 29 heavy (non-hydrogen) atoms. The lowest BCUT2D eigenvalue weighted by Crippen LogP contribution is -2.70. The third kappa shape index (κ3) is 4.17. The summed E-state index contributed by atoms with van der Waals surface area (Å²) in [5.41, 5.74) is -1.32. The largest absolute Gasteiger partial charge is 0.492 e. The van der Waals surface area contributed by atoms with Crippen LogP contribution in [0.15, 0.2) is 18.2 Å². The Morgan fingerprint density at radius 3 is 2.66 bits per heavy atom. The molecule has 0 atom stereocenters. The Kier molecular flexibility index (Phi) is 4.92. The first-order chi connectivity index (χ1) is 13.6. The van der Waals surface area contributed by atoms with Crippen LogP contribution in [0.2, 0.25) is 5.02 Å². The van der Waals surface area contributed by atoms with Gasteiger partial charge in [-0.3, -0.25) is 0 Å². The van der Waals surface area contributed by atoms with Gasteiger partial charge in [-0.1, -0.05) is 11.6 Å². The third-order valence-corrected chi connectivity index (χ3v) is 5.58. The fourth-order valence-corrected chi connectivity index (χ4v) is 3.84. The van der Waals surface area contributed by atoms with Crippen molar-refractivity contribution in [3.63, 3.8) is 0 Å². The fourth-order valence-electron chi connectivity index (χ4n) is 3.60. The highest BCUT2D eigenvalue weighted by atomic mass is 35.5. The number of likely N-dealkylation sites (tertiary alicyclic amines) is 1. The van der Waals surface area contributed by atoms with Crippen molar-refractivity contribution in [1.82, 2.24) is 10.2 Å². The number of alkyl carbamates (subject to hydrolysis) is 1. The van der Waals surface area contributed by atoms with Crippen molar-refractivity contribution in [3.05, 3.63) is 28.8 Å². The van der Waals surface area contributed by atoms with E-state index in [1.54, 1.807) is 0 Å². The zero-order valence-electron chi connectivity index (χ0n) is 15.1. The number of amides is 2. The van der Waals surface area contributed by atoms with E-state index in [2.05, 4.69) is 5.32 Å². The molecule has 2 aliphatic heterocycles. The Morgan fingerprint density at radius 1 is 1.34 bits per heavy atom. The van der Waals surface area contributed by atoms with Gasteiger partial charge >= 0.3 is 18.4 Å². The molecule has 2 heterocycles. The SMILES string of the molecule is O=C1NC2(CO1)CN(C(=O)O[C@H]1C[C@@H](COc3ccc(C(F)(F)F)cc3Cl)C1)C2. The van der Waals surface area contributed by atoms with Crippen LogP contribution < -0.4 is 10.1 Å². The fraction of sp³-hybridized carbons (Fsp3) is 0.556. The molecule has 7 nitrogen and oxygen atoms in total. The minimum absolute atomic E-state index is 0.100. The summed E-state index contributed by atoms with van der Waals surface area (Å²) in [5.74, 6) is 0.309. The summed E-state index contributed by atoms with van der Waals surface area (Å²) in [7, 11) is 0. The number of alkyl halides is 3. The van der Waals surface area contributed by atoms with E-state index in [0.29, 0.717) is 25.9 Å². The first-order valence-electron chi connectivity index (χ1n) is 9.04. The van der Waals surface area contributed by atoms with Gasteiger partial charge in [-0.2, -0.15) is 13.2 Å². The van der Waals surface area contributed by atoms with Crippen LogP contribution in [0.1, 0.15) is 18.4 Å². The molecule has 1 aromatic carbocycles. The minimum Gasteiger partial charge on any atom is -0.492 e. The Balaban J connectivity index is 1.17. The quantitative estimate of drug-likeness (QED) is 0.785. The number of benzene rings is 1. The van der Waals surface area contributed by atoms with Crippen molar-refractivity contribution >= 4 is 23.8 Å². The van der Waals surface area contributed by atoms with Crippen molar-refractivity contribution in [2.45, 2.75) is 30.7 Å². The molecule has 0 unspecified atom stereocenters. The van der Waals surface area contributed by atoms with Gasteiger partial charge in [0.1, 0.15) is 24.0 Å². The van der Waals surface area contributed by atoms with E-state index < -0.39 is 29.5 Å². The van der Waals surface area contributed by atoms with Gasteiger partial charge in [0.05, 0.1) is 30.3 Å². The van der Waals surface area contributed by atoms with Crippen molar-refractivity contribution in [2.24, 2.45) is 5.92 Å². The van der Waals surface area contributed by atoms with Crippen LogP contribution in [0.4, 0.5) is 22.8 Å². The summed E-state index contributed by atoms with van der Waals surface area (Å²) in [4.78, 5) is 24.7. The van der Waals surface area contributed by atoms with Crippen LogP contribution in [0.25, 0.3) is 0 Å². The summed E-state index contributed by atoms with van der Waals surface area (Å²) in [6.45, 7) is 1.22. The molecule has 1 spiro atoms. The van der Waals surface area contributed by atoms with E-state index in [-0.39, 0.29) is 36.0 Å². The minimum atomic E-state index is -4.46. The predicted octanol–water partition coefficient (Wildman–Crippen LogP) is 3.45. The number of hydrogen-bond acceptors (Lipinski definition) is 5. The number of carbonyl (C=O) groups excluding carboxylic acids is 2. The molecule has 158 valence electrons. The smallest absolute Gasteiger partial charge is 0.416 e. The number of cyclic esters (lactones) is 1. The maximum Gasteiger partial charge on any atom is 0.416 e. The van der Waals surface area contributed by atoms with Gasteiger partial charge in [-0.25, -0.2) is 9.59 Å². The lowest BCUT2D eigenvalue weighted by Gasteiger charge is -2.46. The zero-order chi connectivity index (χ0) is 20.8. The molecule has 0 radical (unpaired) electrons. The highest BCUT2D eigenvalue weighted by molar-refractivity contribution is 6.32. The third-order valence-electron chi connectivity index (χ3n) is 5.29. The zero-order valence-corrected chi connectivity index (χ0v) is 15.9. The molecule has 1 N–H and O–H groups in total. The van der Waals surface area contributed by atoms with Crippen LogP contribution in [-0.4, -0.2) is 55.0 Å². The number of nitrogens with one attached hydrogen (secondary N) is 1. The molecule has 4 rings (SSSR count). The van der Waals surface area contributed by atoms with Gasteiger partial charge in [-0.05, 0) is 37.0 Å². The monoisotopic (exact) mass is 434 g/mol. The highest BCUT2D eigenvalue weighted by Crippen LogP contribution is 2.37. The van der Waals surface area contributed by atoms with Crippen molar-refractivity contribution < 1.29 is 37.0 Å². The molecule has 1 aromatic rings. The molecule has 3 aliphatic rings. The van der Waals surface area contributed by atoms with E-state index in [4.69, 9.17) is 25.8 Å². The van der Waals surface area contributed by atoms with E-state index in [0.717, 1.165) is 12.1 Å². The second-order valence-electron chi connectivity index (χ2n) is 7.63. The molecule has 2 saturated heterocycles. The average Bonchev–Trinajstić information content (AvgIpc) is 2.97. The Hall–Kier alpha value is -2.36. The molecule has 1 aliphatic carbocycles. The number of nitrogens with zero attached hydrogens (tertiary/aromatic N) is 1. The maximum atomic E-state index is 12.6. The van der Waals surface area contributed by atoms with E-state index >= 15 is 0 Å². The number of hydrogen-bond donors (Lipinski definition) is 1. The van der Waals surface area contributed by atoms with Crippen molar-refractivity contribution in [3.8, 4) is 5.75 Å². The van der Waals surface area contributed by atoms with Gasteiger partial charge in [0, 0.05) is 0 Å². The van der Waals surface area contributed by atoms with Crippen molar-refractivity contribution in [1.29, 1.82) is 0 Å². The molecule has 0 bridgehead atoms. The number of halogens is 4. The summed E-state index contributed by atoms with van der Waals surface area (Å²) in [6, 6.07) is 2.96. The molecule has 1 saturated carbocycles. The lowest BCUT2D eigenvalue weighted by atomic mass is 9.83. The van der Waals surface area contributed by atoms with Crippen LogP contribution in [0.5, 0.6) is 5.75 Å². The summed E-state index contributed by atoms with van der Waals surface area (Å²) >= 11 is 5.86. The van der Waals surface area contributed by atoms with Crippen LogP contribution in [0, 0.1) is 5.92 Å². The first kappa shape index (κ1) is 19.9.